The number of hydrogen-bond donors (Lipinski definition) is 0. The number of carbonyl (C=O) groups is 2. The van der Waals surface area contributed by atoms with Gasteiger partial charge in [-0.25, -0.2) is 0 Å². The first kappa shape index (κ1) is 25.7. The SMILES string of the molecule is C=CC(=O)C(C)CC(C)Oc1ccc(C=O)cc1.COc1ccc(OC(F)(F)F)cc1. The molecular formula is C23H25F3O5. The van der Waals surface area contributed by atoms with Crippen molar-refractivity contribution >= 4 is 12.1 Å². The molecule has 0 aliphatic heterocycles. The van der Waals surface area contributed by atoms with E-state index in [-0.39, 0.29) is 23.6 Å². The van der Waals surface area contributed by atoms with Gasteiger partial charge in [-0.2, -0.15) is 0 Å². The summed E-state index contributed by atoms with van der Waals surface area (Å²) in [6, 6.07) is 12.1. The maximum atomic E-state index is 11.7. The quantitative estimate of drug-likeness (QED) is 0.374. The van der Waals surface area contributed by atoms with E-state index < -0.39 is 6.36 Å². The lowest BCUT2D eigenvalue weighted by Crippen LogP contribution is -2.19. The number of alkyl halides is 3. The van der Waals surface area contributed by atoms with Crippen LogP contribution in [-0.4, -0.2) is 31.6 Å². The van der Waals surface area contributed by atoms with Crippen LogP contribution in [0.25, 0.3) is 0 Å². The van der Waals surface area contributed by atoms with Crippen molar-refractivity contribution in [2.24, 2.45) is 5.92 Å². The van der Waals surface area contributed by atoms with E-state index in [1.165, 1.54) is 37.5 Å². The Kier molecular flexibility index (Phi) is 10.3. The third kappa shape index (κ3) is 10.3. The number of hydrogen-bond acceptors (Lipinski definition) is 5. The summed E-state index contributed by atoms with van der Waals surface area (Å²) in [7, 11) is 1.43. The molecule has 5 nitrogen and oxygen atoms in total. The first-order valence-electron chi connectivity index (χ1n) is 9.36. The Morgan fingerprint density at radius 2 is 1.52 bits per heavy atom. The zero-order chi connectivity index (χ0) is 23.4. The maximum Gasteiger partial charge on any atom is 0.573 e. The molecule has 2 atom stereocenters. The summed E-state index contributed by atoms with van der Waals surface area (Å²) in [6.07, 6.45) is -1.94. The van der Waals surface area contributed by atoms with Crippen molar-refractivity contribution in [3.8, 4) is 17.2 Å². The standard InChI is InChI=1S/C15H18O3.C8H7F3O2/c1-4-15(17)11(2)9-12(3)18-14-7-5-13(10-16)6-8-14;1-12-6-2-4-7(5-3-6)13-8(9,10)11/h4-8,10-12H,1,9H2,2-3H3;2-5H,1H3. The lowest BCUT2D eigenvalue weighted by molar-refractivity contribution is -0.274. The Hall–Kier alpha value is -3.29. The summed E-state index contributed by atoms with van der Waals surface area (Å²) in [5.74, 6) is 0.864. The molecule has 2 aromatic rings. The van der Waals surface area contributed by atoms with Crippen LogP contribution in [-0.2, 0) is 4.79 Å². The second kappa shape index (κ2) is 12.4. The largest absolute Gasteiger partial charge is 0.573 e. The third-order valence-corrected chi connectivity index (χ3v) is 4.02. The van der Waals surface area contributed by atoms with E-state index in [0.29, 0.717) is 23.5 Å². The molecule has 2 aromatic carbocycles. The molecule has 2 unspecified atom stereocenters. The smallest absolute Gasteiger partial charge is 0.497 e. The molecule has 0 bridgehead atoms. The number of halogens is 3. The first-order valence-corrected chi connectivity index (χ1v) is 9.36. The van der Waals surface area contributed by atoms with Gasteiger partial charge in [0.1, 0.15) is 23.5 Å². The molecule has 168 valence electrons. The van der Waals surface area contributed by atoms with Gasteiger partial charge in [0, 0.05) is 11.5 Å². The average Bonchev–Trinajstić information content (AvgIpc) is 2.73. The summed E-state index contributed by atoms with van der Waals surface area (Å²) in [4.78, 5) is 21.9. The van der Waals surface area contributed by atoms with E-state index in [1.807, 2.05) is 13.8 Å². The molecule has 0 saturated heterocycles. The van der Waals surface area contributed by atoms with Gasteiger partial charge in [0.05, 0.1) is 13.2 Å². The molecule has 31 heavy (non-hydrogen) atoms. The molecular weight excluding hydrogens is 413 g/mol. The van der Waals surface area contributed by atoms with E-state index in [1.54, 1.807) is 24.3 Å². The van der Waals surface area contributed by atoms with E-state index >= 15 is 0 Å². The number of methoxy groups -OCH3 is 1. The van der Waals surface area contributed by atoms with Crippen molar-refractivity contribution in [1.29, 1.82) is 0 Å². The maximum absolute atomic E-state index is 11.7. The topological polar surface area (TPSA) is 61.8 Å². The van der Waals surface area contributed by atoms with Gasteiger partial charge in [0.2, 0.25) is 0 Å². The Labute approximate surface area is 179 Å². The fraction of sp³-hybridized carbons (Fsp3) is 0.304. The van der Waals surface area contributed by atoms with Crippen molar-refractivity contribution in [2.45, 2.75) is 32.7 Å². The molecule has 0 radical (unpaired) electrons. The van der Waals surface area contributed by atoms with Gasteiger partial charge in [-0.05, 0) is 68.0 Å². The molecule has 8 heteroatoms. The average molecular weight is 438 g/mol. The molecule has 0 aliphatic rings. The number of carbonyl (C=O) groups excluding carboxylic acids is 2. The van der Waals surface area contributed by atoms with Crippen LogP contribution in [0.4, 0.5) is 13.2 Å². The Morgan fingerprint density at radius 1 is 1.00 bits per heavy atom. The zero-order valence-corrected chi connectivity index (χ0v) is 17.5. The van der Waals surface area contributed by atoms with Gasteiger partial charge in [-0.1, -0.05) is 13.5 Å². The molecule has 0 heterocycles. The minimum absolute atomic E-state index is 0.0294. The summed E-state index contributed by atoms with van der Waals surface area (Å²) in [5.41, 5.74) is 0.616. The number of allylic oxidation sites excluding steroid dienone is 1. The van der Waals surface area contributed by atoms with Gasteiger partial charge in [-0.15, -0.1) is 13.2 Å². The summed E-state index contributed by atoms with van der Waals surface area (Å²) >= 11 is 0. The highest BCUT2D eigenvalue weighted by Crippen LogP contribution is 2.24. The van der Waals surface area contributed by atoms with Crippen molar-refractivity contribution in [3.63, 3.8) is 0 Å². The summed E-state index contributed by atoms with van der Waals surface area (Å²) in [5, 5.41) is 0. The minimum atomic E-state index is -4.64. The monoisotopic (exact) mass is 438 g/mol. The molecule has 0 amide bonds. The zero-order valence-electron chi connectivity index (χ0n) is 17.5. The third-order valence-electron chi connectivity index (χ3n) is 4.02. The van der Waals surface area contributed by atoms with Crippen LogP contribution in [0.5, 0.6) is 17.2 Å². The Balaban J connectivity index is 0.000000327. The van der Waals surface area contributed by atoms with Crippen molar-refractivity contribution in [1.82, 2.24) is 0 Å². The number of rotatable bonds is 9. The van der Waals surface area contributed by atoms with Crippen LogP contribution >= 0.6 is 0 Å². The highest BCUT2D eigenvalue weighted by atomic mass is 19.4. The first-order chi connectivity index (χ1) is 14.6. The molecule has 0 saturated carbocycles. The molecule has 2 rings (SSSR count). The van der Waals surface area contributed by atoms with Crippen molar-refractivity contribution in [2.75, 3.05) is 7.11 Å². The fourth-order valence-electron chi connectivity index (χ4n) is 2.50. The second-order valence-electron chi connectivity index (χ2n) is 6.58. The van der Waals surface area contributed by atoms with E-state index in [0.717, 1.165) is 6.29 Å². The van der Waals surface area contributed by atoms with Crippen LogP contribution in [0.15, 0.2) is 61.2 Å². The van der Waals surface area contributed by atoms with Crippen LogP contribution in [0, 0.1) is 5.92 Å². The van der Waals surface area contributed by atoms with Crippen LogP contribution in [0.3, 0.4) is 0 Å². The van der Waals surface area contributed by atoms with Gasteiger partial charge in [-0.3, -0.25) is 9.59 Å². The fourth-order valence-corrected chi connectivity index (χ4v) is 2.50. The molecule has 0 N–H and O–H groups in total. The molecule has 0 spiro atoms. The predicted octanol–water partition coefficient (Wildman–Crippen LogP) is 5.64. The van der Waals surface area contributed by atoms with Gasteiger partial charge < -0.3 is 14.2 Å². The number of ketones is 1. The lowest BCUT2D eigenvalue weighted by atomic mass is 9.99. The molecule has 0 fully saturated rings. The van der Waals surface area contributed by atoms with E-state index in [4.69, 9.17) is 9.47 Å². The van der Waals surface area contributed by atoms with Crippen LogP contribution < -0.4 is 14.2 Å². The van der Waals surface area contributed by atoms with Crippen LogP contribution in [0.1, 0.15) is 30.6 Å². The predicted molar refractivity (Wildman–Crippen MR) is 111 cm³/mol. The number of aldehydes is 1. The van der Waals surface area contributed by atoms with E-state index in [2.05, 4.69) is 11.3 Å². The molecule has 0 aromatic heterocycles. The summed E-state index contributed by atoms with van der Waals surface area (Å²) < 4.78 is 49.1. The number of benzene rings is 2. The van der Waals surface area contributed by atoms with Gasteiger partial charge in [0.15, 0.2) is 5.78 Å². The Bertz CT molecular complexity index is 830. The normalized spacial score (nSPS) is 12.5. The Morgan fingerprint density at radius 3 is 1.97 bits per heavy atom. The highest BCUT2D eigenvalue weighted by molar-refractivity contribution is 5.90. The highest BCUT2D eigenvalue weighted by Gasteiger charge is 2.30. The van der Waals surface area contributed by atoms with Gasteiger partial charge in [0.25, 0.3) is 0 Å². The van der Waals surface area contributed by atoms with Crippen LogP contribution in [0.2, 0.25) is 0 Å². The lowest BCUT2D eigenvalue weighted by Gasteiger charge is -2.17. The van der Waals surface area contributed by atoms with Crippen molar-refractivity contribution in [3.05, 3.63) is 66.7 Å². The summed E-state index contributed by atoms with van der Waals surface area (Å²) in [6.45, 7) is 7.25. The molecule has 0 aliphatic carbocycles. The minimum Gasteiger partial charge on any atom is -0.497 e. The number of ether oxygens (including phenoxy) is 3. The second-order valence-corrected chi connectivity index (χ2v) is 6.58. The van der Waals surface area contributed by atoms with Gasteiger partial charge >= 0.3 is 6.36 Å². The van der Waals surface area contributed by atoms with Crippen molar-refractivity contribution < 1.29 is 37.0 Å². The van der Waals surface area contributed by atoms with E-state index in [9.17, 15) is 22.8 Å².